The van der Waals surface area contributed by atoms with E-state index < -0.39 is 0 Å². The molecule has 0 saturated carbocycles. The van der Waals surface area contributed by atoms with Crippen molar-refractivity contribution in [3.8, 4) is 0 Å². The topological polar surface area (TPSA) is 36.9 Å². The highest BCUT2D eigenvalue weighted by Crippen LogP contribution is 2.24. The fraction of sp³-hybridized carbons (Fsp3) is 0.727. The van der Waals surface area contributed by atoms with Crippen LogP contribution in [0.25, 0.3) is 0 Å². The van der Waals surface area contributed by atoms with E-state index in [1.807, 2.05) is 0 Å². The molecule has 1 aromatic carbocycles. The molecule has 2 aliphatic heterocycles. The van der Waals surface area contributed by atoms with E-state index in [-0.39, 0.29) is 0 Å². The third-order valence-corrected chi connectivity index (χ3v) is 5.48. The Morgan fingerprint density at radius 2 is 1.15 bits per heavy atom. The summed E-state index contributed by atoms with van der Waals surface area (Å²) in [5.74, 6) is 1.15. The highest BCUT2D eigenvalue weighted by molar-refractivity contribution is 5.21. The molecule has 2 unspecified atom stereocenters. The zero-order valence-electron chi connectivity index (χ0n) is 16.3. The molecule has 3 rings (SSSR count). The van der Waals surface area contributed by atoms with Crippen LogP contribution in [0, 0.1) is 11.8 Å². The van der Waals surface area contributed by atoms with Gasteiger partial charge >= 0.3 is 0 Å². The van der Waals surface area contributed by atoms with E-state index in [1.54, 1.807) is 0 Å². The summed E-state index contributed by atoms with van der Waals surface area (Å²) < 4.78 is 23.0. The van der Waals surface area contributed by atoms with E-state index in [1.165, 1.54) is 11.1 Å². The molecule has 0 N–H and O–H groups in total. The molecule has 4 nitrogen and oxygen atoms in total. The van der Waals surface area contributed by atoms with Gasteiger partial charge in [0.05, 0.1) is 51.8 Å². The minimum atomic E-state index is 0.330. The van der Waals surface area contributed by atoms with Crippen molar-refractivity contribution in [2.75, 3.05) is 26.4 Å². The van der Waals surface area contributed by atoms with Crippen LogP contribution < -0.4 is 0 Å². The van der Waals surface area contributed by atoms with Gasteiger partial charge in [-0.05, 0) is 24.0 Å². The first-order valence-corrected chi connectivity index (χ1v) is 10.3. The predicted octanol–water partition coefficient (Wildman–Crippen LogP) is 4.35. The van der Waals surface area contributed by atoms with Crippen molar-refractivity contribution in [2.24, 2.45) is 11.8 Å². The summed E-state index contributed by atoms with van der Waals surface area (Å²) in [5.41, 5.74) is 2.46. The Bertz CT molecular complexity index is 460. The van der Waals surface area contributed by atoms with E-state index in [4.69, 9.17) is 18.9 Å². The lowest BCUT2D eigenvalue weighted by Gasteiger charge is -2.33. The van der Waals surface area contributed by atoms with E-state index >= 15 is 0 Å². The van der Waals surface area contributed by atoms with Crippen LogP contribution in [-0.2, 0) is 32.2 Å². The molecule has 0 bridgehead atoms. The summed E-state index contributed by atoms with van der Waals surface area (Å²) in [7, 11) is 0. The van der Waals surface area contributed by atoms with Crippen LogP contribution in [-0.4, -0.2) is 38.6 Å². The number of rotatable bonds is 12. The Balaban J connectivity index is 1.43. The first-order valence-electron chi connectivity index (χ1n) is 10.3. The highest BCUT2D eigenvalue weighted by atomic mass is 16.5. The summed E-state index contributed by atoms with van der Waals surface area (Å²) in [6.45, 7) is 9.20. The molecule has 2 atom stereocenters. The smallest absolute Gasteiger partial charge is 0.0720 e. The minimum Gasteiger partial charge on any atom is -0.380 e. The lowest BCUT2D eigenvalue weighted by Crippen LogP contribution is -2.39. The van der Waals surface area contributed by atoms with Crippen molar-refractivity contribution in [3.63, 3.8) is 0 Å². The quantitative estimate of drug-likeness (QED) is 0.554. The van der Waals surface area contributed by atoms with Gasteiger partial charge in [-0.2, -0.15) is 0 Å². The number of hydrogen-bond donors (Lipinski definition) is 0. The molecule has 2 aliphatic rings. The molecule has 146 valence electrons. The second kappa shape index (κ2) is 10.4. The zero-order chi connectivity index (χ0) is 18.2. The highest BCUT2D eigenvalue weighted by Gasteiger charge is 2.29. The Hall–Kier alpha value is -0.940. The third-order valence-electron chi connectivity index (χ3n) is 5.48. The molecule has 0 aromatic heterocycles. The van der Waals surface area contributed by atoms with Gasteiger partial charge in [0.1, 0.15) is 0 Å². The Morgan fingerprint density at radius 3 is 1.42 bits per heavy atom. The predicted molar refractivity (Wildman–Crippen MR) is 102 cm³/mol. The second-order valence-electron chi connectivity index (χ2n) is 7.69. The Kier molecular flexibility index (Phi) is 7.93. The second-order valence-corrected chi connectivity index (χ2v) is 7.69. The summed E-state index contributed by atoms with van der Waals surface area (Å²) in [5, 5.41) is 0. The van der Waals surface area contributed by atoms with Gasteiger partial charge in [0.15, 0.2) is 0 Å². The molecule has 2 fully saturated rings. The number of benzene rings is 1. The van der Waals surface area contributed by atoms with Crippen molar-refractivity contribution < 1.29 is 18.9 Å². The van der Waals surface area contributed by atoms with Crippen molar-refractivity contribution >= 4 is 0 Å². The monoisotopic (exact) mass is 362 g/mol. The molecule has 1 aromatic rings. The van der Waals surface area contributed by atoms with Gasteiger partial charge in [-0.25, -0.2) is 0 Å². The van der Waals surface area contributed by atoms with Crippen LogP contribution in [0.5, 0.6) is 0 Å². The van der Waals surface area contributed by atoms with Gasteiger partial charge in [-0.1, -0.05) is 51.0 Å². The summed E-state index contributed by atoms with van der Waals surface area (Å²) in [6.07, 6.45) is 5.20. The molecule has 0 spiro atoms. The van der Waals surface area contributed by atoms with Gasteiger partial charge in [0.25, 0.3) is 0 Å². The van der Waals surface area contributed by atoms with Gasteiger partial charge in [0, 0.05) is 11.8 Å². The van der Waals surface area contributed by atoms with Crippen LogP contribution >= 0.6 is 0 Å². The number of hydrogen-bond acceptors (Lipinski definition) is 4. The first-order chi connectivity index (χ1) is 12.8. The molecule has 26 heavy (non-hydrogen) atoms. The maximum Gasteiger partial charge on any atom is 0.0720 e. The maximum atomic E-state index is 6.17. The van der Waals surface area contributed by atoms with Crippen LogP contribution in [0.2, 0.25) is 0 Å². The van der Waals surface area contributed by atoms with Crippen molar-refractivity contribution in [1.82, 2.24) is 0 Å². The van der Waals surface area contributed by atoms with E-state index in [9.17, 15) is 0 Å². The zero-order valence-corrected chi connectivity index (χ0v) is 16.3. The number of ether oxygens (including phenoxy) is 4. The lowest BCUT2D eigenvalue weighted by molar-refractivity contribution is -0.121. The van der Waals surface area contributed by atoms with Crippen molar-refractivity contribution in [2.45, 2.75) is 65.0 Å². The molecular weight excluding hydrogens is 328 g/mol. The average Bonchev–Trinajstić information content (AvgIpc) is 2.56. The summed E-state index contributed by atoms with van der Waals surface area (Å²) in [6, 6.07) is 8.67. The third kappa shape index (κ3) is 5.53. The first kappa shape index (κ1) is 19.8. The van der Waals surface area contributed by atoms with Gasteiger partial charge in [-0.15, -0.1) is 0 Å². The Morgan fingerprint density at radius 1 is 0.769 bits per heavy atom. The van der Waals surface area contributed by atoms with Crippen LogP contribution in [0.4, 0.5) is 0 Å². The van der Waals surface area contributed by atoms with E-state index in [0.29, 0.717) is 37.3 Å². The molecule has 2 saturated heterocycles. The molecule has 0 radical (unpaired) electrons. The van der Waals surface area contributed by atoms with E-state index in [0.717, 1.165) is 52.1 Å². The molecule has 4 heteroatoms. The Labute approximate surface area is 158 Å². The van der Waals surface area contributed by atoms with Gasteiger partial charge < -0.3 is 18.9 Å². The van der Waals surface area contributed by atoms with Crippen molar-refractivity contribution in [1.29, 1.82) is 0 Å². The SMILES string of the molecule is CCCC(OCc1ccc(COC(CCC)C2COC2)cc1)C1COC1. The van der Waals surface area contributed by atoms with Gasteiger partial charge in [-0.3, -0.25) is 0 Å². The summed E-state index contributed by atoms with van der Waals surface area (Å²) >= 11 is 0. The minimum absolute atomic E-state index is 0.330. The van der Waals surface area contributed by atoms with Crippen LogP contribution in [0.15, 0.2) is 24.3 Å². The maximum absolute atomic E-state index is 6.17. The standard InChI is InChI=1S/C22H34O4/c1-3-5-21(19-13-23-14-19)25-11-17-7-9-18(10-8-17)12-26-22(6-4-2)20-15-24-16-20/h7-10,19-22H,3-6,11-16H2,1-2H3. The van der Waals surface area contributed by atoms with Gasteiger partial charge in [0.2, 0.25) is 0 Å². The molecule has 2 heterocycles. The fourth-order valence-corrected chi connectivity index (χ4v) is 3.55. The van der Waals surface area contributed by atoms with Crippen LogP contribution in [0.1, 0.15) is 50.7 Å². The summed E-state index contributed by atoms with van der Waals surface area (Å²) in [4.78, 5) is 0. The molecule has 0 aliphatic carbocycles. The average molecular weight is 363 g/mol. The van der Waals surface area contributed by atoms with E-state index in [2.05, 4.69) is 38.1 Å². The molecular formula is C22H34O4. The molecule has 0 amide bonds. The van der Waals surface area contributed by atoms with Crippen molar-refractivity contribution in [3.05, 3.63) is 35.4 Å². The lowest BCUT2D eigenvalue weighted by atomic mass is 9.97. The normalized spacial score (nSPS) is 20.4. The fourth-order valence-electron chi connectivity index (χ4n) is 3.55. The largest absolute Gasteiger partial charge is 0.380 e. The van der Waals surface area contributed by atoms with Crippen LogP contribution in [0.3, 0.4) is 0 Å².